The average Bonchev–Trinajstić information content (AvgIpc) is 2.57. The first kappa shape index (κ1) is 17.0. The second-order valence-corrected chi connectivity index (χ2v) is 5.91. The average molecular weight is 321 g/mol. The molecule has 0 spiro atoms. The topological polar surface area (TPSA) is 40.6 Å². The van der Waals surface area contributed by atoms with Gasteiger partial charge in [0.05, 0.1) is 17.4 Å². The minimum Gasteiger partial charge on any atom is -0.433 e. The van der Waals surface area contributed by atoms with Gasteiger partial charge in [0.25, 0.3) is 6.43 Å². The van der Waals surface area contributed by atoms with Crippen LogP contribution in [0.5, 0.6) is 5.75 Å². The summed E-state index contributed by atoms with van der Waals surface area (Å²) in [6.07, 6.45) is -2.07. The molecule has 122 valence electrons. The highest BCUT2D eigenvalue weighted by atomic mass is 19.3. The highest BCUT2D eigenvalue weighted by Crippen LogP contribution is 2.37. The number of alkyl halides is 4. The summed E-state index contributed by atoms with van der Waals surface area (Å²) in [5.74, 6) is -0.330. The van der Waals surface area contributed by atoms with Crippen molar-refractivity contribution in [3.05, 3.63) is 18.0 Å². The molecule has 0 N–H and O–H groups in total. The van der Waals surface area contributed by atoms with Gasteiger partial charge in [0.2, 0.25) is 0 Å². The largest absolute Gasteiger partial charge is 0.497 e. The molecule has 0 bridgehead atoms. The van der Waals surface area contributed by atoms with E-state index in [1.54, 1.807) is 27.7 Å². The molecule has 22 heavy (non-hydrogen) atoms. The summed E-state index contributed by atoms with van der Waals surface area (Å²) in [5, 5.41) is 0. The summed E-state index contributed by atoms with van der Waals surface area (Å²) in [6, 6.07) is 1.04. The van der Waals surface area contributed by atoms with Crippen molar-refractivity contribution in [2.75, 3.05) is 0 Å². The molecule has 1 fully saturated rings. The maximum atomic E-state index is 13.1. The van der Waals surface area contributed by atoms with E-state index in [-0.39, 0.29) is 11.2 Å². The molecular weight excluding hydrogens is 305 g/mol. The Labute approximate surface area is 125 Å². The molecule has 1 saturated heterocycles. The van der Waals surface area contributed by atoms with Gasteiger partial charge in [-0.1, -0.05) is 0 Å². The lowest BCUT2D eigenvalue weighted by molar-refractivity contribution is -0.0500. The Morgan fingerprint density at radius 3 is 2.09 bits per heavy atom. The van der Waals surface area contributed by atoms with Crippen LogP contribution in [0.15, 0.2) is 12.3 Å². The Morgan fingerprint density at radius 1 is 1.09 bits per heavy atom. The molecule has 1 aliphatic rings. The molecule has 2 rings (SSSR count). The van der Waals surface area contributed by atoms with Crippen molar-refractivity contribution in [2.45, 2.75) is 51.9 Å². The monoisotopic (exact) mass is 321 g/mol. The van der Waals surface area contributed by atoms with Crippen LogP contribution in [-0.2, 0) is 9.31 Å². The highest BCUT2D eigenvalue weighted by Gasteiger charge is 2.52. The molecule has 0 saturated carbocycles. The van der Waals surface area contributed by atoms with Crippen LogP contribution in [0.25, 0.3) is 0 Å². The molecule has 1 aromatic rings. The smallest absolute Gasteiger partial charge is 0.433 e. The number of aromatic nitrogens is 1. The first-order valence-corrected chi connectivity index (χ1v) is 6.62. The number of ether oxygens (including phenoxy) is 1. The standard InChI is InChI=1S/C13H16BF4NO3/c1-12(2)13(3,4)22-14(21-12)8-5-7(20-11(17)18)6-19-9(8)10(15)16/h5-6,10-11H,1-4H3. The van der Waals surface area contributed by atoms with Gasteiger partial charge in [0, 0.05) is 5.46 Å². The fraction of sp³-hybridized carbons (Fsp3) is 0.615. The van der Waals surface area contributed by atoms with Crippen LogP contribution in [0.1, 0.15) is 39.8 Å². The molecule has 9 heteroatoms. The number of hydrogen-bond acceptors (Lipinski definition) is 4. The lowest BCUT2D eigenvalue weighted by Crippen LogP contribution is -2.41. The van der Waals surface area contributed by atoms with Gasteiger partial charge in [0.1, 0.15) is 11.4 Å². The fourth-order valence-corrected chi connectivity index (χ4v) is 1.98. The lowest BCUT2D eigenvalue weighted by Gasteiger charge is -2.32. The second-order valence-electron chi connectivity index (χ2n) is 5.91. The van der Waals surface area contributed by atoms with Crippen molar-refractivity contribution >= 4 is 12.6 Å². The van der Waals surface area contributed by atoms with Crippen LogP contribution in [0.2, 0.25) is 0 Å². The van der Waals surface area contributed by atoms with Gasteiger partial charge in [-0.05, 0) is 33.8 Å². The highest BCUT2D eigenvalue weighted by molar-refractivity contribution is 6.62. The van der Waals surface area contributed by atoms with Crippen molar-refractivity contribution in [2.24, 2.45) is 0 Å². The van der Waals surface area contributed by atoms with E-state index in [2.05, 4.69) is 9.72 Å². The second kappa shape index (κ2) is 5.70. The van der Waals surface area contributed by atoms with Gasteiger partial charge in [-0.25, -0.2) is 8.78 Å². The van der Waals surface area contributed by atoms with E-state index in [0.717, 1.165) is 12.3 Å². The normalized spacial score (nSPS) is 20.0. The molecule has 0 radical (unpaired) electrons. The van der Waals surface area contributed by atoms with Gasteiger partial charge in [-0.2, -0.15) is 8.78 Å². The van der Waals surface area contributed by atoms with Crippen LogP contribution in [0, 0.1) is 0 Å². The van der Waals surface area contributed by atoms with E-state index in [1.165, 1.54) is 0 Å². The van der Waals surface area contributed by atoms with Crippen LogP contribution in [0.4, 0.5) is 17.6 Å². The third-order valence-corrected chi connectivity index (χ3v) is 3.86. The van der Waals surface area contributed by atoms with E-state index in [4.69, 9.17) is 9.31 Å². The van der Waals surface area contributed by atoms with Crippen molar-refractivity contribution < 1.29 is 31.6 Å². The minimum absolute atomic E-state index is 0.119. The van der Waals surface area contributed by atoms with Crippen molar-refractivity contribution in [1.29, 1.82) is 0 Å². The molecule has 1 aliphatic heterocycles. The molecule has 1 aromatic heterocycles. The van der Waals surface area contributed by atoms with Gasteiger partial charge < -0.3 is 14.0 Å². The first-order chi connectivity index (χ1) is 10.0. The summed E-state index contributed by atoms with van der Waals surface area (Å²) in [7, 11) is -1.14. The molecule has 0 aromatic carbocycles. The van der Waals surface area contributed by atoms with Gasteiger partial charge in [-0.3, -0.25) is 4.98 Å². The predicted octanol–water partition coefficient (Wildman–Crippen LogP) is 2.92. The molecule has 0 unspecified atom stereocenters. The SMILES string of the molecule is CC1(C)OB(c2cc(OC(F)F)cnc2C(F)F)OC1(C)C. The zero-order valence-corrected chi connectivity index (χ0v) is 12.6. The van der Waals surface area contributed by atoms with Crippen LogP contribution in [-0.4, -0.2) is 29.9 Å². The van der Waals surface area contributed by atoms with Crippen LogP contribution >= 0.6 is 0 Å². The van der Waals surface area contributed by atoms with E-state index < -0.39 is 37.1 Å². The molecule has 0 atom stereocenters. The minimum atomic E-state index is -3.08. The van der Waals surface area contributed by atoms with Crippen molar-refractivity contribution in [3.8, 4) is 5.75 Å². The Hall–Kier alpha value is -1.35. The number of pyridine rings is 1. The third-order valence-electron chi connectivity index (χ3n) is 3.86. The summed E-state index contributed by atoms with van der Waals surface area (Å²) >= 11 is 0. The van der Waals surface area contributed by atoms with Gasteiger partial charge >= 0.3 is 13.7 Å². The number of halogens is 4. The lowest BCUT2D eigenvalue weighted by atomic mass is 9.77. The van der Waals surface area contributed by atoms with Gasteiger partial charge in [-0.15, -0.1) is 0 Å². The molecule has 0 aliphatic carbocycles. The van der Waals surface area contributed by atoms with E-state index in [9.17, 15) is 17.6 Å². The zero-order valence-electron chi connectivity index (χ0n) is 12.6. The fourth-order valence-electron chi connectivity index (χ4n) is 1.98. The Kier molecular flexibility index (Phi) is 4.41. The maximum Gasteiger partial charge on any atom is 0.497 e. The van der Waals surface area contributed by atoms with Crippen molar-refractivity contribution in [3.63, 3.8) is 0 Å². The Morgan fingerprint density at radius 2 is 1.64 bits per heavy atom. The van der Waals surface area contributed by atoms with E-state index in [0.29, 0.717) is 0 Å². The molecule has 0 amide bonds. The number of nitrogens with zero attached hydrogens (tertiary/aromatic N) is 1. The third kappa shape index (κ3) is 3.20. The molecule has 4 nitrogen and oxygen atoms in total. The van der Waals surface area contributed by atoms with Crippen LogP contribution < -0.4 is 10.2 Å². The van der Waals surface area contributed by atoms with Gasteiger partial charge in [0.15, 0.2) is 0 Å². The molecule has 2 heterocycles. The van der Waals surface area contributed by atoms with E-state index in [1.807, 2.05) is 0 Å². The first-order valence-electron chi connectivity index (χ1n) is 6.62. The summed E-state index contributed by atoms with van der Waals surface area (Å²) in [6.45, 7) is 3.93. The van der Waals surface area contributed by atoms with Crippen LogP contribution in [0.3, 0.4) is 0 Å². The molecular formula is C13H16BF4NO3. The summed E-state index contributed by atoms with van der Waals surface area (Å²) in [4.78, 5) is 3.50. The summed E-state index contributed by atoms with van der Waals surface area (Å²) in [5.41, 5.74) is -2.21. The number of hydrogen-bond donors (Lipinski definition) is 0. The van der Waals surface area contributed by atoms with Crippen molar-refractivity contribution in [1.82, 2.24) is 4.98 Å². The maximum absolute atomic E-state index is 13.1. The summed E-state index contributed by atoms with van der Waals surface area (Å²) < 4.78 is 66.3. The Balaban J connectivity index is 2.40. The quantitative estimate of drug-likeness (QED) is 0.632. The van der Waals surface area contributed by atoms with E-state index >= 15 is 0 Å². The zero-order chi connectivity index (χ0) is 16.7. The number of rotatable bonds is 4. The predicted molar refractivity (Wildman–Crippen MR) is 71.5 cm³/mol. The Bertz CT molecular complexity index is 538.